The molecule has 0 atom stereocenters. The zero-order valence-corrected chi connectivity index (χ0v) is 15.5. The fourth-order valence-corrected chi connectivity index (χ4v) is 3.01. The standard InChI is InChI=1S/C18H13BrClNO4/c1-24-18(22)16-17(25-10-11-5-3-2-4-6-11)12-7-8-14(19)15(20)13(12)9-21(16)23/h2-9H,10H2,1H3. The van der Waals surface area contributed by atoms with Crippen LogP contribution < -0.4 is 9.47 Å². The average Bonchev–Trinajstić information content (AvgIpc) is 2.63. The number of aromatic nitrogens is 1. The van der Waals surface area contributed by atoms with Gasteiger partial charge < -0.3 is 14.7 Å². The van der Waals surface area contributed by atoms with E-state index in [0.717, 1.165) is 5.56 Å². The van der Waals surface area contributed by atoms with Crippen molar-refractivity contribution in [1.29, 1.82) is 0 Å². The Kier molecular flexibility index (Phi) is 5.11. The maximum Gasteiger partial charge on any atom is 0.408 e. The molecule has 5 nitrogen and oxygen atoms in total. The molecule has 0 saturated carbocycles. The number of esters is 1. The molecule has 0 amide bonds. The lowest BCUT2D eigenvalue weighted by Gasteiger charge is -2.14. The second kappa shape index (κ2) is 7.29. The van der Waals surface area contributed by atoms with Gasteiger partial charge in [0.1, 0.15) is 6.61 Å². The van der Waals surface area contributed by atoms with Crippen LogP contribution in [-0.4, -0.2) is 13.1 Å². The number of halogens is 2. The number of hydrogen-bond donors (Lipinski definition) is 0. The van der Waals surface area contributed by atoms with Crippen molar-refractivity contribution in [2.24, 2.45) is 0 Å². The van der Waals surface area contributed by atoms with Crippen molar-refractivity contribution in [2.45, 2.75) is 6.61 Å². The van der Waals surface area contributed by atoms with Crippen LogP contribution in [0, 0.1) is 5.21 Å². The molecular weight excluding hydrogens is 410 g/mol. The van der Waals surface area contributed by atoms with E-state index in [-0.39, 0.29) is 18.1 Å². The molecule has 25 heavy (non-hydrogen) atoms. The molecule has 3 rings (SSSR count). The Morgan fingerprint density at radius 2 is 1.92 bits per heavy atom. The highest BCUT2D eigenvalue weighted by Crippen LogP contribution is 2.36. The first-order chi connectivity index (χ1) is 12.0. The van der Waals surface area contributed by atoms with Gasteiger partial charge in [0, 0.05) is 9.86 Å². The zero-order chi connectivity index (χ0) is 18.0. The maximum atomic E-state index is 12.4. The van der Waals surface area contributed by atoms with E-state index in [2.05, 4.69) is 15.9 Å². The predicted octanol–water partition coefficient (Wildman–Crippen LogP) is 4.25. The topological polar surface area (TPSA) is 62.5 Å². The van der Waals surface area contributed by atoms with Crippen LogP contribution in [0.15, 0.2) is 53.1 Å². The van der Waals surface area contributed by atoms with Crippen molar-refractivity contribution in [1.82, 2.24) is 0 Å². The summed E-state index contributed by atoms with van der Waals surface area (Å²) in [5.41, 5.74) is 0.681. The number of methoxy groups -OCH3 is 1. The zero-order valence-electron chi connectivity index (χ0n) is 13.2. The molecule has 3 aromatic rings. The van der Waals surface area contributed by atoms with E-state index in [1.165, 1.54) is 13.3 Å². The van der Waals surface area contributed by atoms with Crippen LogP contribution in [0.3, 0.4) is 0 Å². The second-order valence-corrected chi connectivity index (χ2v) is 6.45. The lowest BCUT2D eigenvalue weighted by atomic mass is 10.1. The van der Waals surface area contributed by atoms with Gasteiger partial charge in [-0.15, -0.1) is 0 Å². The largest absolute Gasteiger partial charge is 0.618 e. The molecule has 0 saturated heterocycles. The molecule has 0 N–H and O–H groups in total. The van der Waals surface area contributed by atoms with E-state index in [1.807, 2.05) is 30.3 Å². The van der Waals surface area contributed by atoms with E-state index in [0.29, 0.717) is 25.0 Å². The first-order valence-corrected chi connectivity index (χ1v) is 8.49. The van der Waals surface area contributed by atoms with Gasteiger partial charge in [-0.25, -0.2) is 4.79 Å². The first kappa shape index (κ1) is 17.5. The minimum Gasteiger partial charge on any atom is -0.618 e. The second-order valence-electron chi connectivity index (χ2n) is 5.22. The Hall–Kier alpha value is -2.31. The third-order valence-corrected chi connectivity index (χ3v) is 4.96. The highest BCUT2D eigenvalue weighted by atomic mass is 79.9. The van der Waals surface area contributed by atoms with Crippen molar-refractivity contribution in [3.8, 4) is 5.75 Å². The van der Waals surface area contributed by atoms with Crippen molar-refractivity contribution in [3.05, 3.63) is 74.6 Å². The van der Waals surface area contributed by atoms with Crippen molar-refractivity contribution in [3.63, 3.8) is 0 Å². The summed E-state index contributed by atoms with van der Waals surface area (Å²) in [6.07, 6.45) is 1.24. The monoisotopic (exact) mass is 421 g/mol. The summed E-state index contributed by atoms with van der Waals surface area (Å²) in [7, 11) is 1.21. The van der Waals surface area contributed by atoms with Gasteiger partial charge in [0.25, 0.3) is 0 Å². The Balaban J connectivity index is 2.17. The van der Waals surface area contributed by atoms with Crippen LogP contribution in [0.25, 0.3) is 10.8 Å². The SMILES string of the molecule is COC(=O)c1c(OCc2ccccc2)c2ccc(Br)c(Cl)c2c[n+]1[O-]. The van der Waals surface area contributed by atoms with E-state index in [9.17, 15) is 10.0 Å². The number of nitrogens with zero attached hydrogens (tertiary/aromatic N) is 1. The summed E-state index contributed by atoms with van der Waals surface area (Å²) in [4.78, 5) is 12.1. The molecule has 1 heterocycles. The molecule has 7 heteroatoms. The van der Waals surface area contributed by atoms with Gasteiger partial charge in [0.2, 0.25) is 5.75 Å². The van der Waals surface area contributed by atoms with E-state index in [4.69, 9.17) is 21.1 Å². The van der Waals surface area contributed by atoms with Gasteiger partial charge in [0.05, 0.1) is 17.5 Å². The lowest BCUT2D eigenvalue weighted by Crippen LogP contribution is -2.35. The maximum absolute atomic E-state index is 12.4. The van der Waals surface area contributed by atoms with E-state index >= 15 is 0 Å². The van der Waals surface area contributed by atoms with Crippen molar-refractivity contribution in [2.75, 3.05) is 7.11 Å². The normalized spacial score (nSPS) is 10.7. The number of fused-ring (bicyclic) bond motifs is 1. The third-order valence-electron chi connectivity index (χ3n) is 3.66. The molecule has 1 aromatic heterocycles. The first-order valence-electron chi connectivity index (χ1n) is 7.32. The minimum absolute atomic E-state index is 0.137. The molecule has 0 aliphatic carbocycles. The fraction of sp³-hybridized carbons (Fsp3) is 0.111. The average molecular weight is 423 g/mol. The molecular formula is C18H13BrClNO4. The molecule has 0 radical (unpaired) electrons. The molecule has 0 unspecified atom stereocenters. The smallest absolute Gasteiger partial charge is 0.408 e. The Morgan fingerprint density at radius 3 is 2.60 bits per heavy atom. The molecule has 0 bridgehead atoms. The van der Waals surface area contributed by atoms with Gasteiger partial charge in [-0.05, 0) is 33.6 Å². The summed E-state index contributed by atoms with van der Waals surface area (Å²) < 4.78 is 11.6. The fourth-order valence-electron chi connectivity index (χ4n) is 2.46. The lowest BCUT2D eigenvalue weighted by molar-refractivity contribution is -0.607. The number of carbonyl (C=O) groups excluding carboxylic acids is 1. The molecule has 128 valence electrons. The summed E-state index contributed by atoms with van der Waals surface area (Å²) in [6, 6.07) is 12.9. The predicted molar refractivity (Wildman–Crippen MR) is 97.7 cm³/mol. The Labute approximate surface area is 157 Å². The van der Waals surface area contributed by atoms with Crippen LogP contribution in [0.2, 0.25) is 5.02 Å². The Bertz CT molecular complexity index is 947. The minimum atomic E-state index is -0.779. The number of pyridine rings is 1. The Morgan fingerprint density at radius 1 is 1.20 bits per heavy atom. The number of ether oxygens (including phenoxy) is 2. The molecule has 0 aliphatic rings. The van der Waals surface area contributed by atoms with Crippen LogP contribution in [0.1, 0.15) is 16.1 Å². The van der Waals surface area contributed by atoms with Crippen LogP contribution >= 0.6 is 27.5 Å². The molecule has 0 fully saturated rings. The summed E-state index contributed by atoms with van der Waals surface area (Å²) in [6.45, 7) is 0.192. The molecule has 0 aliphatic heterocycles. The number of carbonyl (C=O) groups is 1. The highest BCUT2D eigenvalue weighted by molar-refractivity contribution is 9.10. The molecule has 2 aromatic carbocycles. The van der Waals surface area contributed by atoms with Crippen LogP contribution in [-0.2, 0) is 11.3 Å². The highest BCUT2D eigenvalue weighted by Gasteiger charge is 2.28. The number of hydrogen-bond acceptors (Lipinski definition) is 4. The summed E-state index contributed by atoms with van der Waals surface area (Å²) >= 11 is 9.61. The quantitative estimate of drug-likeness (QED) is 0.358. The molecule has 0 spiro atoms. The van der Waals surface area contributed by atoms with Gasteiger partial charge in [-0.2, -0.15) is 4.73 Å². The summed E-state index contributed by atoms with van der Waals surface area (Å²) in [5.74, 6) is -0.642. The third kappa shape index (κ3) is 3.41. The number of rotatable bonds is 4. The van der Waals surface area contributed by atoms with Gasteiger partial charge in [-0.1, -0.05) is 41.9 Å². The number of benzene rings is 2. The van der Waals surface area contributed by atoms with E-state index in [1.54, 1.807) is 12.1 Å². The van der Waals surface area contributed by atoms with Crippen molar-refractivity contribution < 1.29 is 19.0 Å². The van der Waals surface area contributed by atoms with Crippen LogP contribution in [0.5, 0.6) is 5.75 Å². The van der Waals surface area contributed by atoms with Gasteiger partial charge >= 0.3 is 11.7 Å². The van der Waals surface area contributed by atoms with Crippen LogP contribution in [0.4, 0.5) is 0 Å². The van der Waals surface area contributed by atoms with Crippen molar-refractivity contribution >= 4 is 44.3 Å². The summed E-state index contributed by atoms with van der Waals surface area (Å²) in [5, 5.41) is 13.8. The van der Waals surface area contributed by atoms with E-state index < -0.39 is 5.97 Å². The van der Waals surface area contributed by atoms with Gasteiger partial charge in [-0.3, -0.25) is 0 Å². The van der Waals surface area contributed by atoms with Gasteiger partial charge in [0.15, 0.2) is 6.20 Å².